The van der Waals surface area contributed by atoms with E-state index in [-0.39, 0.29) is 30.0 Å². The fourth-order valence-electron chi connectivity index (χ4n) is 6.36. The Morgan fingerprint density at radius 3 is 2.39 bits per heavy atom. The molecule has 0 radical (unpaired) electrons. The number of ether oxygens (including phenoxy) is 1. The number of fused-ring (bicyclic) bond motifs is 1. The highest BCUT2D eigenvalue weighted by molar-refractivity contribution is 5.99. The highest BCUT2D eigenvalue weighted by atomic mass is 19.4. The number of carbonyl (C=O) groups excluding carboxylic acids is 2. The van der Waals surface area contributed by atoms with Gasteiger partial charge in [0.15, 0.2) is 0 Å². The molecule has 252 valence electrons. The van der Waals surface area contributed by atoms with Gasteiger partial charge in [-0.2, -0.15) is 5.10 Å². The predicted octanol–water partition coefficient (Wildman–Crippen LogP) is 5.19. The van der Waals surface area contributed by atoms with Crippen LogP contribution in [0.15, 0.2) is 85.3 Å². The minimum atomic E-state index is -4.77. The molecule has 14 heteroatoms. The molecule has 2 aliphatic rings. The number of hydrogen-bond acceptors (Lipinski definition) is 8. The molecule has 2 aliphatic heterocycles. The Labute approximate surface area is 279 Å². The number of piperazine rings is 1. The average Bonchev–Trinajstić information content (AvgIpc) is 3.76. The van der Waals surface area contributed by atoms with E-state index >= 15 is 0 Å². The molecular formula is C35H33F3N8O3. The summed E-state index contributed by atoms with van der Waals surface area (Å²) in [6, 6.07) is 19.0. The third kappa shape index (κ3) is 7.49. The normalized spacial score (nSPS) is 17.0. The second kappa shape index (κ2) is 13.5. The topological polar surface area (TPSA) is 120 Å². The van der Waals surface area contributed by atoms with Crippen molar-refractivity contribution in [3.05, 3.63) is 85.3 Å². The molecule has 0 unspecified atom stereocenters. The van der Waals surface area contributed by atoms with E-state index in [0.29, 0.717) is 60.4 Å². The summed E-state index contributed by atoms with van der Waals surface area (Å²) in [6.45, 7) is 4.15. The number of benzene rings is 3. The smallest absolute Gasteiger partial charge is 0.406 e. The molecule has 0 spiro atoms. The summed E-state index contributed by atoms with van der Waals surface area (Å²) >= 11 is 0. The Bertz CT molecular complexity index is 1930. The number of carbonyl (C=O) groups is 2. The van der Waals surface area contributed by atoms with Crippen LogP contribution in [0, 0.1) is 5.92 Å². The van der Waals surface area contributed by atoms with Crippen LogP contribution in [0.25, 0.3) is 33.4 Å². The number of amides is 2. The summed E-state index contributed by atoms with van der Waals surface area (Å²) in [5.41, 5.74) is 5.35. The minimum absolute atomic E-state index is 0.0645. The van der Waals surface area contributed by atoms with Crippen LogP contribution in [0.1, 0.15) is 6.42 Å². The summed E-state index contributed by atoms with van der Waals surface area (Å²) in [6.07, 6.45) is 0.930. The number of nitrogens with zero attached hydrogens (tertiary/aromatic N) is 6. The summed E-state index contributed by atoms with van der Waals surface area (Å²) in [5.74, 6) is -0.659. The number of anilines is 2. The van der Waals surface area contributed by atoms with Crippen LogP contribution in [0.4, 0.5) is 24.5 Å². The van der Waals surface area contributed by atoms with E-state index < -0.39 is 6.36 Å². The number of rotatable bonds is 8. The lowest BCUT2D eigenvalue weighted by Crippen LogP contribution is -2.51. The molecule has 1 atom stereocenters. The van der Waals surface area contributed by atoms with Crippen LogP contribution in [-0.4, -0.2) is 94.0 Å². The maximum Gasteiger partial charge on any atom is 0.573 e. The van der Waals surface area contributed by atoms with Crippen molar-refractivity contribution in [1.29, 1.82) is 0 Å². The monoisotopic (exact) mass is 670 g/mol. The number of H-pyrrole nitrogens is 1. The first kappa shape index (κ1) is 32.1. The molecule has 2 aromatic heterocycles. The SMILES string of the molecule is O=C(Nc1ccc2[nH]nc(-c3ccc(OC(F)(F)F)cc3)c2c1)[C@@H]1CCN(CC(=O)N2CCN(c3ccc(-c4cnccn4)cc3)CC2)C1. The van der Waals surface area contributed by atoms with Gasteiger partial charge in [0.25, 0.3) is 0 Å². The van der Waals surface area contributed by atoms with Crippen molar-refractivity contribution in [3.63, 3.8) is 0 Å². The van der Waals surface area contributed by atoms with Gasteiger partial charge in [-0.1, -0.05) is 12.1 Å². The zero-order valence-corrected chi connectivity index (χ0v) is 26.4. The van der Waals surface area contributed by atoms with E-state index in [2.05, 4.69) is 47.3 Å². The molecule has 0 aliphatic carbocycles. The number of aromatic nitrogens is 4. The molecule has 2 amide bonds. The zero-order valence-electron chi connectivity index (χ0n) is 26.4. The van der Waals surface area contributed by atoms with Crippen LogP contribution in [0.5, 0.6) is 5.75 Å². The maximum atomic E-state index is 13.2. The number of aromatic amines is 1. The molecule has 2 N–H and O–H groups in total. The van der Waals surface area contributed by atoms with Crippen molar-refractivity contribution >= 4 is 34.1 Å². The Hall–Kier alpha value is -5.50. The van der Waals surface area contributed by atoms with Crippen LogP contribution in [0.2, 0.25) is 0 Å². The van der Waals surface area contributed by atoms with Gasteiger partial charge in [0, 0.05) is 73.0 Å². The van der Waals surface area contributed by atoms with Gasteiger partial charge >= 0.3 is 6.36 Å². The molecule has 4 heterocycles. The van der Waals surface area contributed by atoms with E-state index in [1.54, 1.807) is 36.8 Å². The maximum absolute atomic E-state index is 13.2. The van der Waals surface area contributed by atoms with Crippen LogP contribution in [-0.2, 0) is 9.59 Å². The number of nitrogens with one attached hydrogen (secondary N) is 2. The molecule has 2 fully saturated rings. The van der Waals surface area contributed by atoms with Crippen LogP contribution < -0.4 is 15.0 Å². The van der Waals surface area contributed by atoms with Gasteiger partial charge in [-0.15, -0.1) is 13.2 Å². The average molecular weight is 671 g/mol. The molecule has 3 aromatic carbocycles. The summed E-state index contributed by atoms with van der Waals surface area (Å²) in [5, 5.41) is 10.9. The lowest BCUT2D eigenvalue weighted by Gasteiger charge is -2.36. The highest BCUT2D eigenvalue weighted by Crippen LogP contribution is 2.31. The van der Waals surface area contributed by atoms with Crippen molar-refractivity contribution in [1.82, 2.24) is 30.0 Å². The minimum Gasteiger partial charge on any atom is -0.406 e. The fraction of sp³-hybridized carbons (Fsp3) is 0.286. The quantitative estimate of drug-likeness (QED) is 0.232. The molecule has 7 rings (SSSR count). The van der Waals surface area contributed by atoms with Gasteiger partial charge < -0.3 is 19.9 Å². The van der Waals surface area contributed by atoms with E-state index in [4.69, 9.17) is 0 Å². The summed E-state index contributed by atoms with van der Waals surface area (Å²) < 4.78 is 41.6. The second-order valence-corrected chi connectivity index (χ2v) is 12.1. The van der Waals surface area contributed by atoms with Gasteiger partial charge in [0.2, 0.25) is 11.8 Å². The fourth-order valence-corrected chi connectivity index (χ4v) is 6.36. The van der Waals surface area contributed by atoms with Gasteiger partial charge in [-0.3, -0.25) is 29.6 Å². The molecule has 2 saturated heterocycles. The Morgan fingerprint density at radius 1 is 0.918 bits per heavy atom. The third-order valence-corrected chi connectivity index (χ3v) is 8.92. The number of likely N-dealkylation sites (tertiary alicyclic amines) is 1. The van der Waals surface area contributed by atoms with Crippen molar-refractivity contribution in [2.24, 2.45) is 5.92 Å². The van der Waals surface area contributed by atoms with Crippen LogP contribution >= 0.6 is 0 Å². The number of hydrogen-bond donors (Lipinski definition) is 2. The largest absolute Gasteiger partial charge is 0.573 e. The van der Waals surface area contributed by atoms with E-state index in [1.807, 2.05) is 21.9 Å². The first-order valence-corrected chi connectivity index (χ1v) is 16.0. The van der Waals surface area contributed by atoms with Crippen LogP contribution in [0.3, 0.4) is 0 Å². The highest BCUT2D eigenvalue weighted by Gasteiger charge is 2.32. The standard InChI is InChI=1S/C35H33F3N8O3/c36-35(37,38)49-28-8-3-24(4-9-28)33-29-19-26(5-10-30(29)42-43-33)41-34(48)25-11-14-44(21-25)22-32(47)46-17-15-45(16-18-46)27-6-1-23(2-7-27)31-20-39-12-13-40-31/h1-10,12-13,19-20,25H,11,14-18,21-22H2,(H,41,48)(H,42,43)/t25-/m1/s1. The molecule has 0 saturated carbocycles. The van der Waals surface area contributed by atoms with Crippen molar-refractivity contribution in [2.75, 3.05) is 56.0 Å². The van der Waals surface area contributed by atoms with E-state index in [9.17, 15) is 22.8 Å². The Morgan fingerprint density at radius 2 is 1.67 bits per heavy atom. The molecule has 11 nitrogen and oxygen atoms in total. The predicted molar refractivity (Wildman–Crippen MR) is 178 cm³/mol. The zero-order chi connectivity index (χ0) is 34.0. The van der Waals surface area contributed by atoms with E-state index in [0.717, 1.165) is 30.0 Å². The van der Waals surface area contributed by atoms with Crippen molar-refractivity contribution in [2.45, 2.75) is 12.8 Å². The Kier molecular flexibility index (Phi) is 8.87. The molecule has 5 aromatic rings. The first-order valence-electron chi connectivity index (χ1n) is 16.0. The van der Waals surface area contributed by atoms with Gasteiger partial charge in [0.1, 0.15) is 5.75 Å². The summed E-state index contributed by atoms with van der Waals surface area (Å²) in [7, 11) is 0. The lowest BCUT2D eigenvalue weighted by atomic mass is 10.1. The molecular weight excluding hydrogens is 637 g/mol. The summed E-state index contributed by atoms with van der Waals surface area (Å²) in [4.78, 5) is 41.1. The van der Waals surface area contributed by atoms with Crippen molar-refractivity contribution < 1.29 is 27.5 Å². The lowest BCUT2D eigenvalue weighted by molar-refractivity contribution is -0.274. The van der Waals surface area contributed by atoms with Gasteiger partial charge in [-0.25, -0.2) is 0 Å². The first-order chi connectivity index (χ1) is 23.7. The van der Waals surface area contributed by atoms with Gasteiger partial charge in [0.05, 0.1) is 35.6 Å². The Balaban J connectivity index is 0.898. The third-order valence-electron chi connectivity index (χ3n) is 8.92. The van der Waals surface area contributed by atoms with E-state index in [1.165, 1.54) is 24.3 Å². The van der Waals surface area contributed by atoms with Gasteiger partial charge in [-0.05, 0) is 67.6 Å². The van der Waals surface area contributed by atoms with Crippen molar-refractivity contribution in [3.8, 4) is 28.3 Å². The molecule has 0 bridgehead atoms. The number of alkyl halides is 3. The number of halogens is 3. The second-order valence-electron chi connectivity index (χ2n) is 12.1. The molecule has 49 heavy (non-hydrogen) atoms.